The fraction of sp³-hybridized carbons (Fsp3) is 0.0476. The maximum Gasteiger partial charge on any atom is 0.139 e. The van der Waals surface area contributed by atoms with Crippen molar-refractivity contribution in [2.75, 3.05) is 12.4 Å². The Morgan fingerprint density at radius 3 is 2.73 bits per heavy atom. The van der Waals surface area contributed by atoms with Crippen molar-refractivity contribution in [1.29, 1.82) is 0 Å². The zero-order valence-electron chi connectivity index (χ0n) is 14.2. The van der Waals surface area contributed by atoms with Crippen molar-refractivity contribution >= 4 is 50.5 Å². The van der Waals surface area contributed by atoms with E-state index in [0.29, 0.717) is 10.8 Å². The lowest BCUT2D eigenvalue weighted by molar-refractivity contribution is 0.372. The van der Waals surface area contributed by atoms with Gasteiger partial charge in [-0.25, -0.2) is 4.98 Å². The molecule has 0 radical (unpaired) electrons. The van der Waals surface area contributed by atoms with Gasteiger partial charge in [-0.1, -0.05) is 36.4 Å². The Kier molecular flexibility index (Phi) is 4.19. The summed E-state index contributed by atoms with van der Waals surface area (Å²) in [5.74, 6) is 1.30. The van der Waals surface area contributed by atoms with Crippen LogP contribution < -0.4 is 5.32 Å². The average Bonchev–Trinajstić information content (AvgIpc) is 2.67. The van der Waals surface area contributed by atoms with Gasteiger partial charge in [-0.2, -0.15) is 0 Å². The van der Waals surface area contributed by atoms with Crippen LogP contribution in [0.4, 0.5) is 11.5 Å². The Balaban J connectivity index is 2.00. The number of fused-ring (bicyclic) bond motifs is 3. The molecule has 4 nitrogen and oxygen atoms in total. The Labute approximate surface area is 156 Å². The van der Waals surface area contributed by atoms with Crippen LogP contribution in [0.1, 0.15) is 5.56 Å². The highest BCUT2D eigenvalue weighted by Crippen LogP contribution is 2.34. The van der Waals surface area contributed by atoms with Gasteiger partial charge in [-0.05, 0) is 30.3 Å². The van der Waals surface area contributed by atoms with E-state index in [0.717, 1.165) is 38.7 Å². The van der Waals surface area contributed by atoms with Gasteiger partial charge < -0.3 is 10.1 Å². The number of methoxy groups -OCH3 is 1. The minimum Gasteiger partial charge on any atom is -0.497 e. The van der Waals surface area contributed by atoms with E-state index in [1.807, 2.05) is 54.7 Å². The molecule has 4 rings (SSSR count). The molecular formula is C21H16ClN3O. The fourth-order valence-electron chi connectivity index (χ4n) is 3.00. The van der Waals surface area contributed by atoms with Crippen LogP contribution in [0.15, 0.2) is 67.5 Å². The predicted octanol–water partition coefficient (Wildman–Crippen LogP) is 5.80. The molecule has 2 aromatic heterocycles. The molecule has 2 aromatic carbocycles. The SMILES string of the molecule is C=C(OC)c1cccc2c1nc(Nc1cccc(Cl)c1)c1ccncc12. The third-order valence-electron chi connectivity index (χ3n) is 4.26. The molecule has 2 heterocycles. The number of ether oxygens (including phenoxy) is 1. The lowest BCUT2D eigenvalue weighted by Gasteiger charge is -2.14. The number of pyridine rings is 2. The summed E-state index contributed by atoms with van der Waals surface area (Å²) in [7, 11) is 1.61. The first kappa shape index (κ1) is 16.4. The summed E-state index contributed by atoms with van der Waals surface area (Å²) < 4.78 is 5.34. The number of benzene rings is 2. The van der Waals surface area contributed by atoms with Gasteiger partial charge >= 0.3 is 0 Å². The van der Waals surface area contributed by atoms with Crippen molar-refractivity contribution in [2.45, 2.75) is 0 Å². The number of nitrogens with zero attached hydrogens (tertiary/aromatic N) is 2. The third-order valence-corrected chi connectivity index (χ3v) is 4.50. The van der Waals surface area contributed by atoms with Crippen molar-refractivity contribution in [1.82, 2.24) is 9.97 Å². The Morgan fingerprint density at radius 1 is 1.08 bits per heavy atom. The summed E-state index contributed by atoms with van der Waals surface area (Å²) in [4.78, 5) is 9.16. The lowest BCUT2D eigenvalue weighted by Crippen LogP contribution is -1.98. The molecule has 0 spiro atoms. The molecule has 4 aromatic rings. The Morgan fingerprint density at radius 2 is 1.92 bits per heavy atom. The predicted molar refractivity (Wildman–Crippen MR) is 108 cm³/mol. The van der Waals surface area contributed by atoms with Crippen molar-refractivity contribution in [3.63, 3.8) is 0 Å². The second-order valence-electron chi connectivity index (χ2n) is 5.85. The molecule has 0 aliphatic rings. The summed E-state index contributed by atoms with van der Waals surface area (Å²) in [6, 6.07) is 15.4. The van der Waals surface area contributed by atoms with E-state index < -0.39 is 0 Å². The van der Waals surface area contributed by atoms with Crippen LogP contribution in [0.5, 0.6) is 0 Å². The second-order valence-corrected chi connectivity index (χ2v) is 6.28. The minimum absolute atomic E-state index is 0.569. The van der Waals surface area contributed by atoms with Gasteiger partial charge in [0.2, 0.25) is 0 Å². The van der Waals surface area contributed by atoms with Crippen LogP contribution in [-0.4, -0.2) is 17.1 Å². The van der Waals surface area contributed by atoms with Gasteiger partial charge in [0.15, 0.2) is 0 Å². The molecule has 0 fully saturated rings. The molecule has 128 valence electrons. The van der Waals surface area contributed by atoms with Crippen molar-refractivity contribution in [3.8, 4) is 0 Å². The number of halogens is 1. The first-order valence-electron chi connectivity index (χ1n) is 8.09. The number of hydrogen-bond acceptors (Lipinski definition) is 4. The van der Waals surface area contributed by atoms with Gasteiger partial charge in [-0.3, -0.25) is 4.98 Å². The van der Waals surface area contributed by atoms with E-state index in [1.165, 1.54) is 0 Å². The monoisotopic (exact) mass is 361 g/mol. The second kappa shape index (κ2) is 6.65. The van der Waals surface area contributed by atoms with Gasteiger partial charge in [-0.15, -0.1) is 0 Å². The molecule has 0 aliphatic heterocycles. The molecule has 0 amide bonds. The third kappa shape index (κ3) is 2.85. The first-order chi connectivity index (χ1) is 12.7. The highest BCUT2D eigenvalue weighted by atomic mass is 35.5. The molecule has 0 bridgehead atoms. The largest absolute Gasteiger partial charge is 0.497 e. The Hall–Kier alpha value is -3.11. The smallest absolute Gasteiger partial charge is 0.139 e. The van der Waals surface area contributed by atoms with E-state index in [4.69, 9.17) is 21.3 Å². The molecular weight excluding hydrogens is 346 g/mol. The quantitative estimate of drug-likeness (QED) is 0.368. The molecule has 0 aliphatic carbocycles. The fourth-order valence-corrected chi connectivity index (χ4v) is 3.19. The van der Waals surface area contributed by atoms with E-state index in [2.05, 4.69) is 16.9 Å². The molecule has 0 saturated carbocycles. The van der Waals surface area contributed by atoms with E-state index >= 15 is 0 Å². The van der Waals surface area contributed by atoms with E-state index in [1.54, 1.807) is 13.3 Å². The summed E-state index contributed by atoms with van der Waals surface area (Å²) in [6.07, 6.45) is 3.61. The molecule has 5 heteroatoms. The first-order valence-corrected chi connectivity index (χ1v) is 8.47. The van der Waals surface area contributed by atoms with Crippen LogP contribution in [0.25, 0.3) is 27.4 Å². The van der Waals surface area contributed by atoms with Gasteiger partial charge in [0.1, 0.15) is 11.6 Å². The highest BCUT2D eigenvalue weighted by Gasteiger charge is 2.13. The minimum atomic E-state index is 0.569. The normalized spacial score (nSPS) is 10.8. The number of nitrogens with one attached hydrogen (secondary N) is 1. The zero-order chi connectivity index (χ0) is 18.1. The van der Waals surface area contributed by atoms with Crippen LogP contribution >= 0.6 is 11.6 Å². The van der Waals surface area contributed by atoms with Crippen LogP contribution in [-0.2, 0) is 4.74 Å². The van der Waals surface area contributed by atoms with Crippen LogP contribution in [0.2, 0.25) is 5.02 Å². The zero-order valence-corrected chi connectivity index (χ0v) is 14.9. The number of hydrogen-bond donors (Lipinski definition) is 1. The summed E-state index contributed by atoms with van der Waals surface area (Å²) in [6.45, 7) is 3.98. The maximum atomic E-state index is 6.11. The number of aromatic nitrogens is 2. The average molecular weight is 362 g/mol. The van der Waals surface area contributed by atoms with Gasteiger partial charge in [0, 0.05) is 44.8 Å². The molecule has 0 atom stereocenters. The van der Waals surface area contributed by atoms with E-state index in [-0.39, 0.29) is 0 Å². The number of para-hydroxylation sites is 1. The molecule has 26 heavy (non-hydrogen) atoms. The van der Waals surface area contributed by atoms with Crippen molar-refractivity contribution < 1.29 is 4.74 Å². The summed E-state index contributed by atoms with van der Waals surface area (Å²) in [5, 5.41) is 7.02. The molecule has 1 N–H and O–H groups in total. The summed E-state index contributed by atoms with van der Waals surface area (Å²) >= 11 is 6.11. The van der Waals surface area contributed by atoms with Crippen LogP contribution in [0.3, 0.4) is 0 Å². The van der Waals surface area contributed by atoms with Gasteiger partial charge in [0.25, 0.3) is 0 Å². The van der Waals surface area contributed by atoms with Crippen molar-refractivity contribution in [2.24, 2.45) is 0 Å². The van der Waals surface area contributed by atoms with Crippen molar-refractivity contribution in [3.05, 3.63) is 78.1 Å². The maximum absolute atomic E-state index is 6.11. The standard InChI is InChI=1S/C21H16ClN3O/c1-13(26-2)16-7-4-8-17-19-12-23-10-9-18(19)21(25-20(16)17)24-15-6-3-5-14(22)11-15/h3-12H,1H2,2H3,(H,24,25). The Bertz CT molecular complexity index is 1140. The topological polar surface area (TPSA) is 47.0 Å². The number of anilines is 2. The van der Waals surface area contributed by atoms with E-state index in [9.17, 15) is 0 Å². The van der Waals surface area contributed by atoms with Crippen LogP contribution in [0, 0.1) is 0 Å². The number of rotatable bonds is 4. The summed E-state index contributed by atoms with van der Waals surface area (Å²) in [5.41, 5.74) is 2.53. The lowest BCUT2D eigenvalue weighted by atomic mass is 10.0. The molecule has 0 saturated heterocycles. The molecule has 0 unspecified atom stereocenters. The highest BCUT2D eigenvalue weighted by molar-refractivity contribution is 6.30. The van der Waals surface area contributed by atoms with Gasteiger partial charge in [0.05, 0.1) is 12.6 Å².